The van der Waals surface area contributed by atoms with Gasteiger partial charge in [-0.15, -0.1) is 0 Å². The molecule has 26 heavy (non-hydrogen) atoms. The number of benzene rings is 1. The van der Waals surface area contributed by atoms with Crippen LogP contribution >= 0.6 is 0 Å². The summed E-state index contributed by atoms with van der Waals surface area (Å²) in [5, 5.41) is 14.0. The summed E-state index contributed by atoms with van der Waals surface area (Å²) in [4.78, 5) is 31.0. The number of carbonyl (C=O) groups is 1. The maximum atomic E-state index is 12.4. The molecule has 8 heteroatoms. The molecule has 0 spiro atoms. The Bertz CT molecular complexity index is 789. The molecule has 0 radical (unpaired) electrons. The van der Waals surface area contributed by atoms with E-state index in [1.165, 1.54) is 6.07 Å². The fraction of sp³-hybridized carbons (Fsp3) is 0.389. The summed E-state index contributed by atoms with van der Waals surface area (Å²) in [6.07, 6.45) is 7.98. The topological polar surface area (TPSA) is 107 Å². The minimum absolute atomic E-state index is 0.0320. The van der Waals surface area contributed by atoms with Gasteiger partial charge in [0, 0.05) is 35.6 Å². The number of carbonyl (C=O) groups excluding carboxylic acids is 1. The molecule has 1 fully saturated rings. The van der Waals surface area contributed by atoms with Crippen molar-refractivity contribution in [2.24, 2.45) is 0 Å². The van der Waals surface area contributed by atoms with E-state index in [1.54, 1.807) is 37.6 Å². The van der Waals surface area contributed by atoms with Crippen LogP contribution in [0.4, 0.5) is 5.69 Å². The molecule has 0 saturated heterocycles. The first-order chi connectivity index (χ1) is 12.5. The smallest absolute Gasteiger partial charge is 0.273 e. The lowest BCUT2D eigenvalue weighted by Gasteiger charge is -2.29. The molecule has 0 bridgehead atoms. The van der Waals surface area contributed by atoms with Crippen molar-refractivity contribution in [1.82, 2.24) is 15.3 Å². The molecule has 1 aliphatic rings. The highest BCUT2D eigenvalue weighted by molar-refractivity contribution is 5.95. The van der Waals surface area contributed by atoms with E-state index in [4.69, 9.17) is 4.74 Å². The summed E-state index contributed by atoms with van der Waals surface area (Å²) < 4.78 is 5.79. The second kappa shape index (κ2) is 7.90. The molecule has 2 aromatic rings. The molecule has 1 aromatic heterocycles. The van der Waals surface area contributed by atoms with E-state index < -0.39 is 4.92 Å². The normalized spacial score (nSPS) is 19.6. The summed E-state index contributed by atoms with van der Waals surface area (Å²) in [5.41, 5.74) is 0.798. The summed E-state index contributed by atoms with van der Waals surface area (Å²) >= 11 is 0. The monoisotopic (exact) mass is 356 g/mol. The second-order valence-corrected chi connectivity index (χ2v) is 6.37. The maximum Gasteiger partial charge on any atom is 0.273 e. The molecule has 3 rings (SSSR count). The minimum Gasteiger partial charge on any atom is -0.473 e. The highest BCUT2D eigenvalue weighted by atomic mass is 16.6. The average molecular weight is 356 g/mol. The zero-order valence-corrected chi connectivity index (χ0v) is 14.4. The Morgan fingerprint density at radius 3 is 2.69 bits per heavy atom. The molecule has 1 aromatic carbocycles. The first kappa shape index (κ1) is 17.8. The lowest BCUT2D eigenvalue weighted by atomic mass is 9.92. The molecule has 136 valence electrons. The van der Waals surface area contributed by atoms with Crippen molar-refractivity contribution in [3.05, 3.63) is 58.0 Å². The van der Waals surface area contributed by atoms with Crippen LogP contribution in [0, 0.1) is 17.0 Å². The van der Waals surface area contributed by atoms with Gasteiger partial charge in [0.1, 0.15) is 6.10 Å². The minimum atomic E-state index is -0.471. The number of aromatic nitrogens is 2. The van der Waals surface area contributed by atoms with Crippen LogP contribution in [0.1, 0.15) is 41.6 Å². The van der Waals surface area contributed by atoms with Crippen LogP contribution in [0.2, 0.25) is 0 Å². The van der Waals surface area contributed by atoms with Crippen LogP contribution in [-0.4, -0.2) is 32.9 Å². The van der Waals surface area contributed by atoms with Gasteiger partial charge in [-0.2, -0.15) is 0 Å². The molecular formula is C18H20N4O4. The summed E-state index contributed by atoms with van der Waals surface area (Å²) in [6, 6.07) is 4.57. The van der Waals surface area contributed by atoms with E-state index in [0.717, 1.165) is 25.7 Å². The Morgan fingerprint density at radius 1 is 1.27 bits per heavy atom. The molecule has 0 unspecified atom stereocenters. The quantitative estimate of drug-likeness (QED) is 0.652. The van der Waals surface area contributed by atoms with Gasteiger partial charge in [0.05, 0.1) is 11.1 Å². The van der Waals surface area contributed by atoms with E-state index >= 15 is 0 Å². The number of nitrogens with zero attached hydrogens (tertiary/aromatic N) is 3. The van der Waals surface area contributed by atoms with Crippen LogP contribution in [0.3, 0.4) is 0 Å². The fourth-order valence-corrected chi connectivity index (χ4v) is 3.06. The van der Waals surface area contributed by atoms with Gasteiger partial charge in [-0.1, -0.05) is 6.07 Å². The van der Waals surface area contributed by atoms with Crippen molar-refractivity contribution in [3.8, 4) is 5.88 Å². The first-order valence-corrected chi connectivity index (χ1v) is 8.51. The number of aryl methyl sites for hydroxylation is 1. The number of nitrogens with one attached hydrogen (secondary N) is 1. The molecule has 1 heterocycles. The van der Waals surface area contributed by atoms with Crippen LogP contribution in [-0.2, 0) is 0 Å². The molecule has 8 nitrogen and oxygen atoms in total. The Hall–Kier alpha value is -3.03. The highest BCUT2D eigenvalue weighted by Gasteiger charge is 2.25. The van der Waals surface area contributed by atoms with Gasteiger partial charge in [0.2, 0.25) is 5.88 Å². The van der Waals surface area contributed by atoms with Crippen molar-refractivity contribution in [1.29, 1.82) is 0 Å². The Morgan fingerprint density at radius 2 is 2.04 bits per heavy atom. The van der Waals surface area contributed by atoms with Gasteiger partial charge in [-0.3, -0.25) is 19.9 Å². The predicted molar refractivity (Wildman–Crippen MR) is 94.0 cm³/mol. The number of hydrogen-bond donors (Lipinski definition) is 1. The van der Waals surface area contributed by atoms with Crippen molar-refractivity contribution >= 4 is 11.6 Å². The largest absolute Gasteiger partial charge is 0.473 e. The first-order valence-electron chi connectivity index (χ1n) is 8.51. The van der Waals surface area contributed by atoms with Gasteiger partial charge in [0.25, 0.3) is 11.6 Å². The predicted octanol–water partition coefficient (Wildman–Crippen LogP) is 2.81. The number of nitro benzene ring substituents is 1. The van der Waals surface area contributed by atoms with Crippen LogP contribution in [0.15, 0.2) is 36.8 Å². The Labute approximate surface area is 150 Å². The van der Waals surface area contributed by atoms with Gasteiger partial charge >= 0.3 is 0 Å². The van der Waals surface area contributed by atoms with E-state index in [1.807, 2.05) is 0 Å². The molecule has 0 atom stereocenters. The van der Waals surface area contributed by atoms with Crippen molar-refractivity contribution in [3.63, 3.8) is 0 Å². The third-order valence-corrected chi connectivity index (χ3v) is 4.50. The molecule has 1 amide bonds. The van der Waals surface area contributed by atoms with E-state index in [0.29, 0.717) is 17.0 Å². The number of nitro groups is 1. The third kappa shape index (κ3) is 4.33. The van der Waals surface area contributed by atoms with E-state index in [2.05, 4.69) is 15.3 Å². The van der Waals surface area contributed by atoms with Gasteiger partial charge < -0.3 is 10.1 Å². The van der Waals surface area contributed by atoms with Gasteiger partial charge in [0.15, 0.2) is 0 Å². The third-order valence-electron chi connectivity index (χ3n) is 4.50. The SMILES string of the molecule is Cc1ccc(C(=O)NC2CCC(Oc3cnccn3)CC2)cc1[N+](=O)[O-]. The Balaban J connectivity index is 1.53. The molecular weight excluding hydrogens is 336 g/mol. The van der Waals surface area contributed by atoms with Gasteiger partial charge in [-0.25, -0.2) is 4.98 Å². The van der Waals surface area contributed by atoms with Crippen molar-refractivity contribution in [2.75, 3.05) is 0 Å². The number of rotatable bonds is 5. The number of amides is 1. The molecule has 0 aliphatic heterocycles. The van der Waals surface area contributed by atoms with Crippen LogP contribution in [0.25, 0.3) is 0 Å². The molecule has 1 saturated carbocycles. The van der Waals surface area contributed by atoms with Gasteiger partial charge in [-0.05, 0) is 38.7 Å². The maximum absolute atomic E-state index is 12.4. The summed E-state index contributed by atoms with van der Waals surface area (Å²) in [5.74, 6) is 0.221. The summed E-state index contributed by atoms with van der Waals surface area (Å²) in [7, 11) is 0. The Kier molecular flexibility index (Phi) is 5.40. The summed E-state index contributed by atoms with van der Waals surface area (Å²) in [6.45, 7) is 1.65. The van der Waals surface area contributed by atoms with E-state index in [9.17, 15) is 14.9 Å². The lowest BCUT2D eigenvalue weighted by Crippen LogP contribution is -2.39. The fourth-order valence-electron chi connectivity index (χ4n) is 3.06. The average Bonchev–Trinajstić information content (AvgIpc) is 2.64. The van der Waals surface area contributed by atoms with Crippen molar-refractivity contribution < 1.29 is 14.5 Å². The number of ether oxygens (including phenoxy) is 1. The van der Waals surface area contributed by atoms with E-state index in [-0.39, 0.29) is 23.7 Å². The highest BCUT2D eigenvalue weighted by Crippen LogP contribution is 2.24. The van der Waals surface area contributed by atoms with Crippen LogP contribution in [0.5, 0.6) is 5.88 Å². The lowest BCUT2D eigenvalue weighted by molar-refractivity contribution is -0.385. The number of hydrogen-bond acceptors (Lipinski definition) is 6. The van der Waals surface area contributed by atoms with Crippen molar-refractivity contribution in [2.45, 2.75) is 44.8 Å². The molecule has 1 aliphatic carbocycles. The molecule has 1 N–H and O–H groups in total. The standard InChI is InChI=1S/C18H20N4O4/c1-12-2-3-13(10-16(12)22(24)25)18(23)21-14-4-6-15(7-5-14)26-17-11-19-8-9-20-17/h2-3,8-11,14-15H,4-7H2,1H3,(H,21,23). The van der Waals surface area contributed by atoms with Crippen LogP contribution < -0.4 is 10.1 Å². The zero-order valence-electron chi connectivity index (χ0n) is 14.4. The zero-order chi connectivity index (χ0) is 18.5. The second-order valence-electron chi connectivity index (χ2n) is 6.37.